The van der Waals surface area contributed by atoms with E-state index in [-0.39, 0.29) is 12.5 Å². The second-order valence-corrected chi connectivity index (χ2v) is 4.59. The summed E-state index contributed by atoms with van der Waals surface area (Å²) in [4.78, 5) is 22.4. The molecule has 0 spiro atoms. The van der Waals surface area contributed by atoms with Gasteiger partial charge in [0.25, 0.3) is 0 Å². The van der Waals surface area contributed by atoms with Crippen LogP contribution < -0.4 is 10.6 Å². The Kier molecular flexibility index (Phi) is 7.44. The van der Waals surface area contributed by atoms with Gasteiger partial charge in [-0.3, -0.25) is 4.79 Å². The summed E-state index contributed by atoms with van der Waals surface area (Å²) in [5.41, 5.74) is 1.45. The highest BCUT2D eigenvalue weighted by Gasteiger charge is 2.07. The summed E-state index contributed by atoms with van der Waals surface area (Å²) in [6.45, 7) is 0.560. The van der Waals surface area contributed by atoms with Crippen LogP contribution in [0.1, 0.15) is 31.2 Å². The van der Waals surface area contributed by atoms with Crippen molar-refractivity contribution in [1.29, 1.82) is 0 Å². The van der Waals surface area contributed by atoms with E-state index < -0.39 is 5.97 Å². The molecule has 3 N–H and O–H groups in total. The van der Waals surface area contributed by atoms with Gasteiger partial charge in [0.1, 0.15) is 0 Å². The number of anilines is 1. The number of carboxylic acid groups (broad SMARTS) is 1. The number of hydrogen-bond donors (Lipinski definition) is 3. The zero-order valence-electron chi connectivity index (χ0n) is 11.9. The summed E-state index contributed by atoms with van der Waals surface area (Å²) in [6.07, 6.45) is 7.99. The lowest BCUT2D eigenvalue weighted by molar-refractivity contribution is -0.136. The van der Waals surface area contributed by atoms with E-state index in [9.17, 15) is 9.59 Å². The summed E-state index contributed by atoms with van der Waals surface area (Å²) < 4.78 is 0. The molecule has 0 aliphatic heterocycles. The van der Waals surface area contributed by atoms with Gasteiger partial charge in [-0.05, 0) is 30.9 Å². The van der Waals surface area contributed by atoms with E-state index in [0.29, 0.717) is 25.1 Å². The van der Waals surface area contributed by atoms with Crippen molar-refractivity contribution in [3.8, 4) is 12.3 Å². The minimum atomic E-state index is -0.859. The summed E-state index contributed by atoms with van der Waals surface area (Å²) in [5, 5.41) is 14.2. The second-order valence-electron chi connectivity index (χ2n) is 4.59. The Bertz CT molecular complexity index is 520. The molecule has 0 atom stereocenters. The standard InChI is InChI=1S/C16H20N2O3/c1-2-3-4-7-12-17-16(21)18-14-9-6-5-8-13(14)10-11-15(19)20/h1,5-6,8-9H,3-4,7,10-12H2,(H,19,20)(H2,17,18,21). The third-order valence-electron chi connectivity index (χ3n) is 2.91. The minimum Gasteiger partial charge on any atom is -0.481 e. The number of carbonyl (C=O) groups is 2. The van der Waals surface area contributed by atoms with Gasteiger partial charge in [-0.15, -0.1) is 12.3 Å². The van der Waals surface area contributed by atoms with Crippen LogP contribution in [0.15, 0.2) is 24.3 Å². The number of carboxylic acids is 1. The monoisotopic (exact) mass is 288 g/mol. The highest BCUT2D eigenvalue weighted by molar-refractivity contribution is 5.90. The van der Waals surface area contributed by atoms with Crippen molar-refractivity contribution < 1.29 is 14.7 Å². The molecule has 5 heteroatoms. The number of nitrogens with one attached hydrogen (secondary N) is 2. The Morgan fingerprint density at radius 1 is 1.24 bits per heavy atom. The SMILES string of the molecule is C#CCCCCNC(=O)Nc1ccccc1CCC(=O)O. The molecule has 0 fully saturated rings. The van der Waals surface area contributed by atoms with Crippen LogP contribution in [0.25, 0.3) is 0 Å². The number of benzene rings is 1. The number of para-hydroxylation sites is 1. The van der Waals surface area contributed by atoms with Crippen LogP contribution in [0.2, 0.25) is 0 Å². The van der Waals surface area contributed by atoms with Crippen molar-refractivity contribution in [2.24, 2.45) is 0 Å². The first-order chi connectivity index (χ1) is 10.1. The number of aryl methyl sites for hydroxylation is 1. The summed E-state index contributed by atoms with van der Waals surface area (Å²) in [5.74, 6) is 1.69. The fraction of sp³-hybridized carbons (Fsp3) is 0.375. The van der Waals surface area contributed by atoms with Crippen LogP contribution in [0.4, 0.5) is 10.5 Å². The van der Waals surface area contributed by atoms with Crippen LogP contribution in [0.5, 0.6) is 0 Å². The van der Waals surface area contributed by atoms with Gasteiger partial charge in [-0.1, -0.05) is 18.2 Å². The van der Waals surface area contributed by atoms with Crippen molar-refractivity contribution >= 4 is 17.7 Å². The highest BCUT2D eigenvalue weighted by Crippen LogP contribution is 2.16. The number of amides is 2. The van der Waals surface area contributed by atoms with Gasteiger partial charge in [0.2, 0.25) is 0 Å². The number of rotatable bonds is 8. The quantitative estimate of drug-likeness (QED) is 0.508. The zero-order chi connectivity index (χ0) is 15.5. The van der Waals surface area contributed by atoms with Crippen molar-refractivity contribution in [2.75, 3.05) is 11.9 Å². The predicted molar refractivity (Wildman–Crippen MR) is 82.1 cm³/mol. The fourth-order valence-electron chi connectivity index (χ4n) is 1.82. The van der Waals surface area contributed by atoms with E-state index in [1.807, 2.05) is 12.1 Å². The minimum absolute atomic E-state index is 0.0341. The molecular formula is C16H20N2O3. The van der Waals surface area contributed by atoms with Gasteiger partial charge in [0, 0.05) is 25.1 Å². The van der Waals surface area contributed by atoms with E-state index in [1.165, 1.54) is 0 Å². The van der Waals surface area contributed by atoms with Gasteiger partial charge in [-0.2, -0.15) is 0 Å². The molecule has 0 aromatic heterocycles. The molecule has 0 unspecified atom stereocenters. The Morgan fingerprint density at radius 3 is 2.71 bits per heavy atom. The third-order valence-corrected chi connectivity index (χ3v) is 2.91. The van der Waals surface area contributed by atoms with Gasteiger partial charge < -0.3 is 15.7 Å². The molecule has 21 heavy (non-hydrogen) atoms. The number of urea groups is 1. The molecule has 0 aliphatic carbocycles. The molecular weight excluding hydrogens is 268 g/mol. The Morgan fingerprint density at radius 2 is 2.00 bits per heavy atom. The van der Waals surface area contributed by atoms with Crippen molar-refractivity contribution in [2.45, 2.75) is 32.1 Å². The largest absolute Gasteiger partial charge is 0.481 e. The normalized spacial score (nSPS) is 9.67. The van der Waals surface area contributed by atoms with E-state index >= 15 is 0 Å². The van der Waals surface area contributed by atoms with Crippen molar-refractivity contribution in [3.63, 3.8) is 0 Å². The zero-order valence-corrected chi connectivity index (χ0v) is 11.9. The number of aliphatic carboxylic acids is 1. The van der Waals surface area contributed by atoms with E-state index in [1.54, 1.807) is 12.1 Å². The molecule has 5 nitrogen and oxygen atoms in total. The van der Waals surface area contributed by atoms with E-state index in [0.717, 1.165) is 18.4 Å². The molecule has 0 heterocycles. The van der Waals surface area contributed by atoms with E-state index in [2.05, 4.69) is 16.6 Å². The van der Waals surface area contributed by atoms with Gasteiger partial charge in [0.05, 0.1) is 0 Å². The maximum Gasteiger partial charge on any atom is 0.319 e. The molecule has 0 radical (unpaired) electrons. The highest BCUT2D eigenvalue weighted by atomic mass is 16.4. The first-order valence-corrected chi connectivity index (χ1v) is 6.91. The Labute approximate surface area is 124 Å². The molecule has 0 bridgehead atoms. The lowest BCUT2D eigenvalue weighted by Crippen LogP contribution is -2.29. The first-order valence-electron chi connectivity index (χ1n) is 6.91. The number of unbranched alkanes of at least 4 members (excludes halogenated alkanes) is 2. The Balaban J connectivity index is 2.44. The second kappa shape index (κ2) is 9.43. The van der Waals surface area contributed by atoms with Crippen LogP contribution in [-0.2, 0) is 11.2 Å². The van der Waals surface area contributed by atoms with Crippen LogP contribution in [0, 0.1) is 12.3 Å². The maximum atomic E-state index is 11.8. The van der Waals surface area contributed by atoms with Crippen LogP contribution >= 0.6 is 0 Å². The Hall–Kier alpha value is -2.48. The van der Waals surface area contributed by atoms with Crippen molar-refractivity contribution in [3.05, 3.63) is 29.8 Å². The molecule has 0 saturated heterocycles. The smallest absolute Gasteiger partial charge is 0.319 e. The topological polar surface area (TPSA) is 78.4 Å². The maximum absolute atomic E-state index is 11.8. The van der Waals surface area contributed by atoms with Crippen LogP contribution in [-0.4, -0.2) is 23.7 Å². The molecule has 0 saturated carbocycles. The molecule has 2 amide bonds. The van der Waals surface area contributed by atoms with Crippen LogP contribution in [0.3, 0.4) is 0 Å². The fourth-order valence-corrected chi connectivity index (χ4v) is 1.82. The predicted octanol–water partition coefficient (Wildman–Crippen LogP) is 2.63. The van der Waals surface area contributed by atoms with Gasteiger partial charge >= 0.3 is 12.0 Å². The number of terminal acetylenes is 1. The summed E-state index contributed by atoms with van der Waals surface area (Å²) in [6, 6.07) is 6.89. The average molecular weight is 288 g/mol. The van der Waals surface area contributed by atoms with Gasteiger partial charge in [0.15, 0.2) is 0 Å². The number of carbonyl (C=O) groups excluding carboxylic acids is 1. The summed E-state index contributed by atoms with van der Waals surface area (Å²) in [7, 11) is 0. The third kappa shape index (κ3) is 7.02. The molecule has 1 aromatic rings. The average Bonchev–Trinajstić information content (AvgIpc) is 2.46. The molecule has 112 valence electrons. The summed E-state index contributed by atoms with van der Waals surface area (Å²) >= 11 is 0. The first kappa shape index (κ1) is 16.6. The lowest BCUT2D eigenvalue weighted by atomic mass is 10.1. The van der Waals surface area contributed by atoms with Gasteiger partial charge in [-0.25, -0.2) is 4.79 Å². The van der Waals surface area contributed by atoms with E-state index in [4.69, 9.17) is 11.5 Å². The molecule has 0 aliphatic rings. The molecule has 1 rings (SSSR count). The molecule has 1 aromatic carbocycles. The van der Waals surface area contributed by atoms with Crippen molar-refractivity contribution in [1.82, 2.24) is 5.32 Å². The number of hydrogen-bond acceptors (Lipinski definition) is 2. The lowest BCUT2D eigenvalue weighted by Gasteiger charge is -2.11.